The van der Waals surface area contributed by atoms with Crippen LogP contribution in [-0.4, -0.2) is 37.7 Å². The third-order valence-electron chi connectivity index (χ3n) is 7.88. The first-order valence-electron chi connectivity index (χ1n) is 12.6. The Kier molecular flexibility index (Phi) is 5.17. The molecule has 0 amide bonds. The minimum atomic E-state index is -1.75. The average molecular weight is 495 g/mol. The van der Waals surface area contributed by atoms with E-state index in [1.54, 1.807) is 6.08 Å². The number of aliphatic hydroxyl groups is 5. The summed E-state index contributed by atoms with van der Waals surface area (Å²) in [7, 11) is 0. The standard InChI is InChI=1S/C32H30O5/c1-32(2,3)21-14-19-9-8-17-10-12-22(23-13-11-20(15-21)24(19)25(17)23)16-4-6-18(7-5-16)26-27(33)29(35)31(37)30(36)28(26)34/h4,6,8-15,29,31,33-37H,5,7H2,1-3H3. The van der Waals surface area contributed by atoms with Crippen LogP contribution < -0.4 is 0 Å². The summed E-state index contributed by atoms with van der Waals surface area (Å²) < 4.78 is 0. The highest BCUT2D eigenvalue weighted by molar-refractivity contribution is 6.24. The summed E-state index contributed by atoms with van der Waals surface area (Å²) in [4.78, 5) is 0. The molecular formula is C32H30O5. The van der Waals surface area contributed by atoms with Gasteiger partial charge in [-0.3, -0.25) is 0 Å². The molecule has 2 aliphatic rings. The Morgan fingerprint density at radius 2 is 1.24 bits per heavy atom. The highest BCUT2D eigenvalue weighted by atomic mass is 16.4. The van der Waals surface area contributed by atoms with E-state index in [0.717, 1.165) is 11.1 Å². The summed E-state index contributed by atoms with van der Waals surface area (Å²) in [6, 6.07) is 17.7. The van der Waals surface area contributed by atoms with Crippen molar-refractivity contribution in [3.8, 4) is 0 Å². The molecule has 0 fully saturated rings. The van der Waals surface area contributed by atoms with Crippen molar-refractivity contribution >= 4 is 37.9 Å². The predicted octanol–water partition coefficient (Wildman–Crippen LogP) is 6.86. The predicted molar refractivity (Wildman–Crippen MR) is 148 cm³/mol. The number of allylic oxidation sites excluding steroid dienone is 4. The lowest BCUT2D eigenvalue weighted by molar-refractivity contribution is 0.00612. The number of benzene rings is 4. The van der Waals surface area contributed by atoms with Crippen molar-refractivity contribution in [3.63, 3.8) is 0 Å². The number of hydrogen-bond acceptors (Lipinski definition) is 5. The van der Waals surface area contributed by atoms with Gasteiger partial charge in [-0.05, 0) is 72.8 Å². The van der Waals surface area contributed by atoms with Gasteiger partial charge in [-0.25, -0.2) is 0 Å². The van der Waals surface area contributed by atoms with Crippen LogP contribution in [0.5, 0.6) is 0 Å². The second-order valence-corrected chi connectivity index (χ2v) is 11.2. The molecule has 188 valence electrons. The molecule has 0 spiro atoms. The fraction of sp³-hybridized carbons (Fsp3) is 0.250. The molecule has 0 aromatic heterocycles. The number of rotatable bonds is 2. The molecule has 6 rings (SSSR count). The van der Waals surface area contributed by atoms with Crippen LogP contribution in [0.15, 0.2) is 89.1 Å². The molecule has 5 heteroatoms. The Morgan fingerprint density at radius 1 is 0.676 bits per heavy atom. The van der Waals surface area contributed by atoms with Crippen molar-refractivity contribution in [1.29, 1.82) is 0 Å². The van der Waals surface area contributed by atoms with Crippen LogP contribution in [-0.2, 0) is 5.41 Å². The maximum Gasteiger partial charge on any atom is 0.167 e. The third kappa shape index (κ3) is 3.53. The number of hydrogen-bond donors (Lipinski definition) is 5. The molecular weight excluding hydrogens is 464 g/mol. The van der Waals surface area contributed by atoms with Gasteiger partial charge in [0.25, 0.3) is 0 Å². The minimum absolute atomic E-state index is 0.0179. The van der Waals surface area contributed by atoms with Crippen LogP contribution in [0.3, 0.4) is 0 Å². The van der Waals surface area contributed by atoms with Gasteiger partial charge in [0.15, 0.2) is 11.5 Å². The molecule has 0 radical (unpaired) electrons. The minimum Gasteiger partial charge on any atom is -0.509 e. The first-order chi connectivity index (χ1) is 17.6. The molecule has 0 heterocycles. The van der Waals surface area contributed by atoms with Gasteiger partial charge in [0.1, 0.15) is 18.0 Å². The van der Waals surface area contributed by atoms with Crippen LogP contribution in [0.2, 0.25) is 0 Å². The van der Waals surface area contributed by atoms with Gasteiger partial charge in [-0.1, -0.05) is 81.5 Å². The third-order valence-corrected chi connectivity index (χ3v) is 7.88. The van der Waals surface area contributed by atoms with Gasteiger partial charge < -0.3 is 25.5 Å². The highest BCUT2D eigenvalue weighted by Crippen LogP contribution is 2.43. The Morgan fingerprint density at radius 3 is 1.89 bits per heavy atom. The van der Waals surface area contributed by atoms with Crippen molar-refractivity contribution in [2.24, 2.45) is 0 Å². The van der Waals surface area contributed by atoms with E-state index < -0.39 is 29.5 Å². The van der Waals surface area contributed by atoms with Crippen molar-refractivity contribution in [1.82, 2.24) is 0 Å². The molecule has 5 N–H and O–H groups in total. The smallest absolute Gasteiger partial charge is 0.167 e. The topological polar surface area (TPSA) is 101 Å². The quantitative estimate of drug-likeness (QED) is 0.196. The maximum atomic E-state index is 10.4. The average Bonchev–Trinajstić information content (AvgIpc) is 2.89. The van der Waals surface area contributed by atoms with Gasteiger partial charge in [-0.2, -0.15) is 0 Å². The second kappa shape index (κ2) is 8.10. The van der Waals surface area contributed by atoms with Crippen molar-refractivity contribution in [2.75, 3.05) is 0 Å². The first-order valence-corrected chi connectivity index (χ1v) is 12.6. The van der Waals surface area contributed by atoms with Crippen LogP contribution >= 0.6 is 0 Å². The zero-order valence-corrected chi connectivity index (χ0v) is 21.1. The largest absolute Gasteiger partial charge is 0.509 e. The summed E-state index contributed by atoms with van der Waals surface area (Å²) in [5.41, 5.74) is 4.20. The molecule has 0 saturated carbocycles. The zero-order chi connectivity index (χ0) is 26.2. The SMILES string of the molecule is CC(C)(C)c1cc2ccc3ccc(C4=CC=C(C5=C(O)C(O)C(O)C(O)=C5O)CC4)c4ccc(c1)c2c34. The monoisotopic (exact) mass is 494 g/mol. The van der Waals surface area contributed by atoms with Gasteiger partial charge in [0.2, 0.25) is 0 Å². The van der Waals surface area contributed by atoms with Crippen LogP contribution in [0.4, 0.5) is 0 Å². The lowest BCUT2D eigenvalue weighted by Crippen LogP contribution is -2.35. The molecule has 5 nitrogen and oxygen atoms in total. The molecule has 4 aromatic rings. The van der Waals surface area contributed by atoms with E-state index in [4.69, 9.17) is 0 Å². The van der Waals surface area contributed by atoms with Gasteiger partial charge >= 0.3 is 0 Å². The molecule has 2 unspecified atom stereocenters. The summed E-state index contributed by atoms with van der Waals surface area (Å²) in [5, 5.41) is 58.1. The summed E-state index contributed by atoms with van der Waals surface area (Å²) in [6.45, 7) is 6.70. The fourth-order valence-electron chi connectivity index (χ4n) is 5.76. The Bertz CT molecular complexity index is 1690. The molecule has 4 aromatic carbocycles. The Labute approximate surface area is 214 Å². The first kappa shape index (κ1) is 23.6. The zero-order valence-electron chi connectivity index (χ0n) is 21.1. The van der Waals surface area contributed by atoms with E-state index in [1.165, 1.54) is 37.9 Å². The summed E-state index contributed by atoms with van der Waals surface area (Å²) in [5.74, 6) is -1.88. The van der Waals surface area contributed by atoms with Crippen molar-refractivity contribution in [3.05, 3.63) is 100 Å². The molecule has 37 heavy (non-hydrogen) atoms. The van der Waals surface area contributed by atoms with E-state index in [9.17, 15) is 25.5 Å². The second-order valence-electron chi connectivity index (χ2n) is 11.2. The van der Waals surface area contributed by atoms with Crippen LogP contribution in [0.1, 0.15) is 44.7 Å². The summed E-state index contributed by atoms with van der Waals surface area (Å²) >= 11 is 0. The Hall–Kier alpha value is -3.80. The fourth-order valence-corrected chi connectivity index (χ4v) is 5.76. The van der Waals surface area contributed by atoms with Crippen molar-refractivity contribution in [2.45, 2.75) is 51.2 Å². The van der Waals surface area contributed by atoms with Crippen LogP contribution in [0, 0.1) is 0 Å². The summed E-state index contributed by atoms with van der Waals surface area (Å²) in [6.07, 6.45) is 1.45. The lowest BCUT2D eigenvalue weighted by atomic mass is 9.81. The molecule has 0 aliphatic heterocycles. The Balaban J connectivity index is 1.48. The molecule has 0 bridgehead atoms. The van der Waals surface area contributed by atoms with Gasteiger partial charge in [-0.15, -0.1) is 0 Å². The van der Waals surface area contributed by atoms with E-state index >= 15 is 0 Å². The highest BCUT2D eigenvalue weighted by Gasteiger charge is 2.37. The number of aliphatic hydroxyl groups excluding tert-OH is 5. The van der Waals surface area contributed by atoms with Crippen molar-refractivity contribution < 1.29 is 25.5 Å². The van der Waals surface area contributed by atoms with Crippen LogP contribution in [0.25, 0.3) is 37.9 Å². The van der Waals surface area contributed by atoms with Gasteiger partial charge in [0, 0.05) is 0 Å². The van der Waals surface area contributed by atoms with E-state index in [2.05, 4.69) is 69.3 Å². The molecule has 2 aliphatic carbocycles. The van der Waals surface area contributed by atoms with E-state index in [0.29, 0.717) is 18.4 Å². The van der Waals surface area contributed by atoms with Gasteiger partial charge in [0.05, 0.1) is 5.57 Å². The van der Waals surface area contributed by atoms with E-state index in [1.807, 2.05) is 6.08 Å². The normalized spacial score (nSPS) is 21.3. The molecule has 0 saturated heterocycles. The van der Waals surface area contributed by atoms with E-state index in [-0.39, 0.29) is 11.0 Å². The molecule has 2 atom stereocenters. The maximum absolute atomic E-state index is 10.4. The lowest BCUT2D eigenvalue weighted by Gasteiger charge is -2.27.